The van der Waals surface area contributed by atoms with Crippen LogP contribution < -0.4 is 0 Å². The van der Waals surface area contributed by atoms with Crippen LogP contribution in [0.3, 0.4) is 0 Å². The van der Waals surface area contributed by atoms with E-state index in [1.165, 1.54) is 11.4 Å². The number of hydrogen-bond acceptors (Lipinski definition) is 5. The van der Waals surface area contributed by atoms with Gasteiger partial charge in [-0.05, 0) is 48.9 Å². The highest BCUT2D eigenvalue weighted by atomic mass is 19.1. The number of aromatic nitrogens is 5. The smallest absolute Gasteiger partial charge is 0.193 e. The van der Waals surface area contributed by atoms with Crippen molar-refractivity contribution in [2.75, 3.05) is 0 Å². The molecule has 2 aromatic carbocycles. The van der Waals surface area contributed by atoms with Crippen LogP contribution in [-0.4, -0.2) is 30.6 Å². The summed E-state index contributed by atoms with van der Waals surface area (Å²) in [5.74, 6) is 0.0651. The molecule has 0 saturated carbocycles. The molecule has 6 nitrogen and oxygen atoms in total. The van der Waals surface area contributed by atoms with E-state index in [4.69, 9.17) is 0 Å². The number of carbonyl (C=O) groups is 1. The van der Waals surface area contributed by atoms with Crippen LogP contribution >= 0.6 is 0 Å². The Morgan fingerprint density at radius 1 is 1.00 bits per heavy atom. The second kappa shape index (κ2) is 7.11. The van der Waals surface area contributed by atoms with Gasteiger partial charge in [-0.3, -0.25) is 9.78 Å². The number of rotatable bonds is 4. The number of benzene rings is 2. The van der Waals surface area contributed by atoms with Crippen molar-refractivity contribution < 1.29 is 9.18 Å². The van der Waals surface area contributed by atoms with Gasteiger partial charge >= 0.3 is 0 Å². The minimum Gasteiger partial charge on any atom is -0.295 e. The highest BCUT2D eigenvalue weighted by molar-refractivity contribution is 5.95. The van der Waals surface area contributed by atoms with E-state index in [0.29, 0.717) is 22.5 Å². The summed E-state index contributed by atoms with van der Waals surface area (Å²) in [7, 11) is 0. The first-order valence-electron chi connectivity index (χ1n) is 9.42. The summed E-state index contributed by atoms with van der Waals surface area (Å²) in [6.07, 6.45) is 0.198. The lowest BCUT2D eigenvalue weighted by molar-refractivity contribution is 0.101. The highest BCUT2D eigenvalue weighted by Crippen LogP contribution is 2.28. The first-order chi connectivity index (χ1) is 14.6. The van der Waals surface area contributed by atoms with Crippen LogP contribution in [0.1, 0.15) is 34.8 Å². The summed E-state index contributed by atoms with van der Waals surface area (Å²) in [5, 5.41) is 13.5. The molecule has 0 radical (unpaired) electrons. The molecule has 7 heteroatoms. The number of ketones is 1. The predicted molar refractivity (Wildman–Crippen MR) is 111 cm³/mol. The topological polar surface area (TPSA) is 73.0 Å². The zero-order valence-electron chi connectivity index (χ0n) is 16.0. The summed E-state index contributed by atoms with van der Waals surface area (Å²) < 4.78 is 16.8. The van der Waals surface area contributed by atoms with Crippen molar-refractivity contribution in [1.29, 1.82) is 0 Å². The second-order valence-electron chi connectivity index (χ2n) is 7.00. The van der Waals surface area contributed by atoms with Gasteiger partial charge in [-0.1, -0.05) is 30.3 Å². The molecule has 146 valence electrons. The monoisotopic (exact) mass is 397 g/mol. The molecule has 3 aromatic heterocycles. The van der Waals surface area contributed by atoms with Gasteiger partial charge in [0.2, 0.25) is 0 Å². The van der Waals surface area contributed by atoms with E-state index in [1.807, 2.05) is 18.2 Å². The number of alkyl halides is 1. The fraction of sp³-hybridized carbons (Fsp3) is 0.0870. The van der Waals surface area contributed by atoms with Gasteiger partial charge in [-0.2, -0.15) is 9.61 Å². The number of pyridine rings is 1. The molecule has 0 aliphatic rings. The Hall–Kier alpha value is -4.00. The fourth-order valence-corrected chi connectivity index (χ4v) is 3.42. The Morgan fingerprint density at radius 2 is 1.90 bits per heavy atom. The van der Waals surface area contributed by atoms with Crippen molar-refractivity contribution in [2.45, 2.75) is 13.1 Å². The SMILES string of the molecule is CC(=O)c1cccc(-c2ccc3nnc(C(F)c4ccc5ncccc5c4)n3n2)c1. The van der Waals surface area contributed by atoms with E-state index in [-0.39, 0.29) is 11.6 Å². The maximum atomic E-state index is 15.4. The van der Waals surface area contributed by atoms with E-state index in [1.54, 1.807) is 54.7 Å². The quantitative estimate of drug-likeness (QED) is 0.414. The molecule has 1 atom stereocenters. The van der Waals surface area contributed by atoms with Crippen molar-refractivity contribution in [3.63, 3.8) is 0 Å². The zero-order chi connectivity index (χ0) is 20.7. The van der Waals surface area contributed by atoms with E-state index in [2.05, 4.69) is 20.3 Å². The molecule has 0 N–H and O–H groups in total. The molecule has 0 spiro atoms. The van der Waals surface area contributed by atoms with Crippen LogP contribution in [0.4, 0.5) is 4.39 Å². The van der Waals surface area contributed by atoms with Gasteiger partial charge < -0.3 is 0 Å². The normalized spacial score (nSPS) is 12.3. The van der Waals surface area contributed by atoms with Crippen molar-refractivity contribution in [1.82, 2.24) is 24.8 Å². The molecular weight excluding hydrogens is 381 g/mol. The summed E-state index contributed by atoms with van der Waals surface area (Å²) in [5.41, 5.74) is 3.65. The minimum absolute atomic E-state index is 0.0301. The molecule has 0 bridgehead atoms. The Morgan fingerprint density at radius 3 is 2.77 bits per heavy atom. The maximum Gasteiger partial charge on any atom is 0.193 e. The van der Waals surface area contributed by atoms with Gasteiger partial charge in [0, 0.05) is 22.7 Å². The average molecular weight is 397 g/mol. The molecule has 3 heterocycles. The summed E-state index contributed by atoms with van der Waals surface area (Å²) in [6, 6.07) is 19.6. The summed E-state index contributed by atoms with van der Waals surface area (Å²) in [6.45, 7) is 1.51. The molecular formula is C23H16FN5O. The Labute approximate surface area is 171 Å². The van der Waals surface area contributed by atoms with E-state index < -0.39 is 6.17 Å². The number of fused-ring (bicyclic) bond motifs is 2. The third-order valence-electron chi connectivity index (χ3n) is 5.00. The van der Waals surface area contributed by atoms with Crippen LogP contribution in [0.25, 0.3) is 27.8 Å². The molecule has 0 saturated heterocycles. The van der Waals surface area contributed by atoms with Gasteiger partial charge in [-0.25, -0.2) is 4.39 Å². The van der Waals surface area contributed by atoms with Crippen molar-refractivity contribution in [3.8, 4) is 11.3 Å². The van der Waals surface area contributed by atoms with E-state index >= 15 is 4.39 Å². The molecule has 0 amide bonds. The van der Waals surface area contributed by atoms with Gasteiger partial charge in [0.05, 0.1) is 11.2 Å². The first kappa shape index (κ1) is 18.1. The lowest BCUT2D eigenvalue weighted by atomic mass is 10.1. The largest absolute Gasteiger partial charge is 0.295 e. The second-order valence-corrected chi connectivity index (χ2v) is 7.00. The molecule has 0 aliphatic heterocycles. The molecule has 5 aromatic rings. The third-order valence-corrected chi connectivity index (χ3v) is 5.00. The lowest BCUT2D eigenvalue weighted by Gasteiger charge is -2.09. The number of carbonyl (C=O) groups excluding carboxylic acids is 1. The fourth-order valence-electron chi connectivity index (χ4n) is 3.42. The maximum absolute atomic E-state index is 15.4. The first-order valence-corrected chi connectivity index (χ1v) is 9.42. The average Bonchev–Trinajstić information content (AvgIpc) is 3.21. The minimum atomic E-state index is -1.50. The van der Waals surface area contributed by atoms with E-state index in [9.17, 15) is 4.79 Å². The standard InChI is InChI=1S/C23H16FN5O/c1-14(30)15-4-2-5-17(12-15)20-9-10-21-26-27-23(29(21)28-20)22(24)18-7-8-19-16(13-18)6-3-11-25-19/h2-13,22H,1H3. The van der Waals surface area contributed by atoms with Crippen LogP contribution in [0.2, 0.25) is 0 Å². The van der Waals surface area contributed by atoms with Crippen molar-refractivity contribution in [2.24, 2.45) is 0 Å². The Kier molecular flexibility index (Phi) is 4.28. The highest BCUT2D eigenvalue weighted by Gasteiger charge is 2.21. The molecule has 1 unspecified atom stereocenters. The lowest BCUT2D eigenvalue weighted by Crippen LogP contribution is -2.05. The van der Waals surface area contributed by atoms with E-state index in [0.717, 1.165) is 16.5 Å². The van der Waals surface area contributed by atoms with Crippen LogP contribution in [0.15, 0.2) is 72.9 Å². The van der Waals surface area contributed by atoms with Gasteiger partial charge in [0.15, 0.2) is 23.4 Å². The molecule has 0 aliphatic carbocycles. The number of nitrogens with zero attached hydrogens (tertiary/aromatic N) is 5. The van der Waals surface area contributed by atoms with Gasteiger partial charge in [0.1, 0.15) is 0 Å². The molecule has 0 fully saturated rings. The summed E-state index contributed by atoms with van der Waals surface area (Å²) in [4.78, 5) is 16.0. The summed E-state index contributed by atoms with van der Waals surface area (Å²) >= 11 is 0. The van der Waals surface area contributed by atoms with Gasteiger partial charge in [-0.15, -0.1) is 10.2 Å². The van der Waals surface area contributed by atoms with Crippen molar-refractivity contribution in [3.05, 3.63) is 89.9 Å². The number of Topliss-reactive ketones (excluding diaryl/α,β-unsaturated/α-hetero) is 1. The van der Waals surface area contributed by atoms with Crippen LogP contribution in [0.5, 0.6) is 0 Å². The van der Waals surface area contributed by atoms with Crippen molar-refractivity contribution >= 4 is 22.3 Å². The van der Waals surface area contributed by atoms with Crippen LogP contribution in [-0.2, 0) is 0 Å². The van der Waals surface area contributed by atoms with Crippen LogP contribution in [0, 0.1) is 0 Å². The third kappa shape index (κ3) is 3.10. The predicted octanol–water partition coefficient (Wildman–Crippen LogP) is 4.60. The number of hydrogen-bond donors (Lipinski definition) is 0. The molecule has 30 heavy (non-hydrogen) atoms. The number of halogens is 1. The molecule has 5 rings (SSSR count). The van der Waals surface area contributed by atoms with Gasteiger partial charge in [0.25, 0.3) is 0 Å². The Bertz CT molecular complexity index is 1410. The zero-order valence-corrected chi connectivity index (χ0v) is 16.0. The Balaban J connectivity index is 1.58.